The standard InChI is InChI=1S/C24H39NO2/c1-2-3-4-5-6-7-8-9-10-11-12-13-14-15-18-27-24-19-21-16-17-25-22(21)20-23(24)26/h16-17,19-20,25-26H,2-15,18H2,1H3. The molecule has 3 nitrogen and oxygen atoms in total. The number of unbranched alkanes of at least 4 members (excludes halogenated alkanes) is 13. The van der Waals surface area contributed by atoms with Crippen LogP contribution in [0.3, 0.4) is 0 Å². The molecule has 0 aliphatic rings. The number of benzene rings is 1. The molecule has 1 aromatic carbocycles. The number of nitrogens with one attached hydrogen (secondary N) is 1. The monoisotopic (exact) mass is 373 g/mol. The third-order valence-corrected chi connectivity index (χ3v) is 5.39. The summed E-state index contributed by atoms with van der Waals surface area (Å²) >= 11 is 0. The molecule has 0 radical (unpaired) electrons. The van der Waals surface area contributed by atoms with Crippen molar-refractivity contribution in [2.75, 3.05) is 6.61 Å². The van der Waals surface area contributed by atoms with Crippen LogP contribution in [-0.4, -0.2) is 16.7 Å². The van der Waals surface area contributed by atoms with E-state index in [1.807, 2.05) is 18.3 Å². The van der Waals surface area contributed by atoms with Gasteiger partial charge in [-0.15, -0.1) is 0 Å². The van der Waals surface area contributed by atoms with Crippen molar-refractivity contribution in [2.24, 2.45) is 0 Å². The topological polar surface area (TPSA) is 45.2 Å². The van der Waals surface area contributed by atoms with Gasteiger partial charge in [0.1, 0.15) is 0 Å². The molecule has 0 saturated heterocycles. The highest BCUT2D eigenvalue weighted by atomic mass is 16.5. The van der Waals surface area contributed by atoms with Crippen LogP contribution in [0.2, 0.25) is 0 Å². The molecule has 0 atom stereocenters. The van der Waals surface area contributed by atoms with Crippen LogP contribution in [0.4, 0.5) is 0 Å². The smallest absolute Gasteiger partial charge is 0.161 e. The molecule has 0 aliphatic carbocycles. The van der Waals surface area contributed by atoms with Gasteiger partial charge < -0.3 is 14.8 Å². The Morgan fingerprint density at radius 3 is 1.93 bits per heavy atom. The number of hydrogen-bond donors (Lipinski definition) is 2. The lowest BCUT2D eigenvalue weighted by Gasteiger charge is -2.08. The first-order chi connectivity index (χ1) is 13.3. The Morgan fingerprint density at radius 1 is 0.778 bits per heavy atom. The van der Waals surface area contributed by atoms with Gasteiger partial charge >= 0.3 is 0 Å². The van der Waals surface area contributed by atoms with Crippen LogP contribution in [0.15, 0.2) is 24.4 Å². The fraction of sp³-hybridized carbons (Fsp3) is 0.667. The maximum absolute atomic E-state index is 10.00. The fourth-order valence-corrected chi connectivity index (χ4v) is 3.66. The highest BCUT2D eigenvalue weighted by molar-refractivity contribution is 5.83. The molecule has 1 heterocycles. The molecule has 1 aromatic heterocycles. The number of hydrogen-bond acceptors (Lipinski definition) is 2. The summed E-state index contributed by atoms with van der Waals surface area (Å²) in [5, 5.41) is 11.1. The third kappa shape index (κ3) is 8.73. The van der Waals surface area contributed by atoms with Gasteiger partial charge in [-0.1, -0.05) is 90.4 Å². The lowest BCUT2D eigenvalue weighted by molar-refractivity contribution is 0.289. The van der Waals surface area contributed by atoms with Crippen LogP contribution in [0, 0.1) is 0 Å². The molecule has 0 aliphatic heterocycles. The van der Waals surface area contributed by atoms with Gasteiger partial charge in [0.2, 0.25) is 0 Å². The highest BCUT2D eigenvalue weighted by Gasteiger charge is 2.05. The van der Waals surface area contributed by atoms with Gasteiger partial charge in [-0.3, -0.25) is 0 Å². The minimum absolute atomic E-state index is 0.218. The van der Waals surface area contributed by atoms with E-state index >= 15 is 0 Å². The first-order valence-corrected chi connectivity index (χ1v) is 11.2. The molecule has 2 rings (SSSR count). The Kier molecular flexibility index (Phi) is 10.8. The number of fused-ring (bicyclic) bond motifs is 1. The maximum Gasteiger partial charge on any atom is 0.161 e. The van der Waals surface area contributed by atoms with Crippen molar-refractivity contribution in [2.45, 2.75) is 96.8 Å². The zero-order valence-corrected chi connectivity index (χ0v) is 17.3. The number of aromatic amines is 1. The van der Waals surface area contributed by atoms with E-state index in [0.29, 0.717) is 12.4 Å². The van der Waals surface area contributed by atoms with E-state index in [9.17, 15) is 5.11 Å². The Balaban J connectivity index is 1.39. The molecular weight excluding hydrogens is 334 g/mol. The molecule has 3 heteroatoms. The van der Waals surface area contributed by atoms with Crippen molar-refractivity contribution in [1.82, 2.24) is 4.98 Å². The Morgan fingerprint density at radius 2 is 1.33 bits per heavy atom. The average Bonchev–Trinajstić information content (AvgIpc) is 3.12. The molecular formula is C24H39NO2. The van der Waals surface area contributed by atoms with Crippen LogP contribution in [-0.2, 0) is 0 Å². The zero-order chi connectivity index (χ0) is 19.2. The average molecular weight is 374 g/mol. The maximum atomic E-state index is 10.00. The lowest BCUT2D eigenvalue weighted by Crippen LogP contribution is -1.97. The van der Waals surface area contributed by atoms with Crippen molar-refractivity contribution < 1.29 is 9.84 Å². The predicted molar refractivity (Wildman–Crippen MR) is 116 cm³/mol. The normalized spacial score (nSPS) is 11.3. The van der Waals surface area contributed by atoms with Crippen molar-refractivity contribution in [1.29, 1.82) is 0 Å². The summed E-state index contributed by atoms with van der Waals surface area (Å²) in [7, 11) is 0. The van der Waals surface area contributed by atoms with Gasteiger partial charge in [-0.05, 0) is 18.6 Å². The second-order valence-electron chi connectivity index (χ2n) is 7.83. The molecule has 152 valence electrons. The predicted octanol–water partition coefficient (Wildman–Crippen LogP) is 7.73. The van der Waals surface area contributed by atoms with E-state index in [-0.39, 0.29) is 5.75 Å². The van der Waals surface area contributed by atoms with Gasteiger partial charge in [0.05, 0.1) is 6.61 Å². The van der Waals surface area contributed by atoms with E-state index < -0.39 is 0 Å². The second kappa shape index (κ2) is 13.5. The zero-order valence-electron chi connectivity index (χ0n) is 17.3. The molecule has 0 amide bonds. The minimum atomic E-state index is 0.218. The van der Waals surface area contributed by atoms with E-state index in [4.69, 9.17) is 4.74 Å². The van der Waals surface area contributed by atoms with Gasteiger partial charge in [0.15, 0.2) is 11.5 Å². The summed E-state index contributed by atoms with van der Waals surface area (Å²) in [6.07, 6.45) is 20.9. The molecule has 27 heavy (non-hydrogen) atoms. The van der Waals surface area contributed by atoms with Crippen LogP contribution < -0.4 is 4.74 Å². The van der Waals surface area contributed by atoms with Crippen LogP contribution >= 0.6 is 0 Å². The Bertz CT molecular complexity index is 620. The van der Waals surface area contributed by atoms with Crippen molar-refractivity contribution in [3.05, 3.63) is 24.4 Å². The lowest BCUT2D eigenvalue weighted by atomic mass is 10.0. The molecule has 2 aromatic rings. The van der Waals surface area contributed by atoms with Gasteiger partial charge in [-0.2, -0.15) is 0 Å². The SMILES string of the molecule is CCCCCCCCCCCCCCCCOc1cc2cc[nH]c2cc1O. The summed E-state index contributed by atoms with van der Waals surface area (Å²) in [6.45, 7) is 2.96. The molecule has 0 bridgehead atoms. The van der Waals surface area contributed by atoms with Crippen molar-refractivity contribution in [3.63, 3.8) is 0 Å². The molecule has 0 unspecified atom stereocenters. The minimum Gasteiger partial charge on any atom is -0.504 e. The summed E-state index contributed by atoms with van der Waals surface area (Å²) in [5.74, 6) is 0.812. The summed E-state index contributed by atoms with van der Waals surface area (Å²) in [4.78, 5) is 3.09. The second-order valence-corrected chi connectivity index (χ2v) is 7.83. The Labute approximate surface area is 165 Å². The third-order valence-electron chi connectivity index (χ3n) is 5.39. The van der Waals surface area contributed by atoms with E-state index in [2.05, 4.69) is 11.9 Å². The number of phenols is 1. The summed E-state index contributed by atoms with van der Waals surface area (Å²) in [5.41, 5.74) is 0.941. The first-order valence-electron chi connectivity index (χ1n) is 11.2. The molecule has 0 saturated carbocycles. The first kappa shape index (κ1) is 21.7. The van der Waals surface area contributed by atoms with E-state index in [0.717, 1.165) is 17.3 Å². The number of aromatic hydroxyl groups is 1. The Hall–Kier alpha value is -1.64. The van der Waals surface area contributed by atoms with Gasteiger partial charge in [-0.25, -0.2) is 0 Å². The number of rotatable bonds is 16. The van der Waals surface area contributed by atoms with E-state index in [1.54, 1.807) is 6.07 Å². The number of H-pyrrole nitrogens is 1. The van der Waals surface area contributed by atoms with Gasteiger partial charge in [0.25, 0.3) is 0 Å². The number of aromatic nitrogens is 1. The van der Waals surface area contributed by atoms with Crippen LogP contribution in [0.5, 0.6) is 11.5 Å². The highest BCUT2D eigenvalue weighted by Crippen LogP contribution is 2.31. The fourth-order valence-electron chi connectivity index (χ4n) is 3.66. The summed E-state index contributed by atoms with van der Waals surface area (Å²) < 4.78 is 5.76. The molecule has 2 N–H and O–H groups in total. The number of ether oxygens (including phenoxy) is 1. The van der Waals surface area contributed by atoms with Crippen molar-refractivity contribution in [3.8, 4) is 11.5 Å². The molecule has 0 fully saturated rings. The van der Waals surface area contributed by atoms with Crippen LogP contribution in [0.25, 0.3) is 10.9 Å². The molecule has 0 spiro atoms. The van der Waals surface area contributed by atoms with Gasteiger partial charge in [0, 0.05) is 23.2 Å². The van der Waals surface area contributed by atoms with Crippen LogP contribution in [0.1, 0.15) is 96.8 Å². The largest absolute Gasteiger partial charge is 0.504 e. The quantitative estimate of drug-likeness (QED) is 0.296. The number of phenolic OH excluding ortho intramolecular Hbond substituents is 1. The summed E-state index contributed by atoms with van der Waals surface area (Å²) in [6, 6.07) is 5.63. The van der Waals surface area contributed by atoms with E-state index in [1.165, 1.54) is 83.5 Å². The van der Waals surface area contributed by atoms with Crippen molar-refractivity contribution >= 4 is 10.9 Å².